The highest BCUT2D eigenvalue weighted by atomic mass is 32.1. The Morgan fingerprint density at radius 2 is 2.07 bits per heavy atom. The first-order chi connectivity index (χ1) is 14.7. The quantitative estimate of drug-likeness (QED) is 0.428. The average molecular weight is 426 g/mol. The Hall–Kier alpha value is -2.51. The molecule has 1 N–H and O–H groups in total. The first-order valence-corrected chi connectivity index (χ1v) is 11.5. The number of likely N-dealkylation sites (tertiary alicyclic amines) is 1. The fourth-order valence-corrected chi connectivity index (χ4v) is 4.94. The number of carbonyl (C=O) groups excluding carboxylic acids is 2. The summed E-state index contributed by atoms with van der Waals surface area (Å²) in [7, 11) is 0. The number of fused-ring (bicyclic) bond motifs is 1. The molecule has 1 aromatic carbocycles. The Balaban J connectivity index is 1.32. The molecule has 0 bridgehead atoms. The summed E-state index contributed by atoms with van der Waals surface area (Å²) in [4.78, 5) is 34.7. The van der Waals surface area contributed by atoms with E-state index in [1.54, 1.807) is 6.20 Å². The summed E-state index contributed by atoms with van der Waals surface area (Å²) in [6.07, 6.45) is 5.17. The van der Waals surface area contributed by atoms with Gasteiger partial charge in [-0.05, 0) is 51.9 Å². The summed E-state index contributed by atoms with van der Waals surface area (Å²) in [5.74, 6) is 0.273. The number of hydrogen-bond donors (Lipinski definition) is 1. The smallest absolute Gasteiger partial charge is 0.305 e. The van der Waals surface area contributed by atoms with E-state index in [9.17, 15) is 9.59 Å². The maximum Gasteiger partial charge on any atom is 0.305 e. The van der Waals surface area contributed by atoms with Crippen LogP contribution in [0.4, 0.5) is 0 Å². The first-order valence-electron chi connectivity index (χ1n) is 10.6. The number of para-hydroxylation sites is 1. The molecule has 1 fully saturated rings. The van der Waals surface area contributed by atoms with Gasteiger partial charge in [-0.3, -0.25) is 9.59 Å². The Morgan fingerprint density at radius 1 is 1.27 bits per heavy atom. The third kappa shape index (κ3) is 4.63. The van der Waals surface area contributed by atoms with Crippen molar-refractivity contribution >= 4 is 34.0 Å². The molecule has 30 heavy (non-hydrogen) atoms. The number of thiazole rings is 1. The number of ether oxygens (including phenoxy) is 1. The number of benzene rings is 1. The van der Waals surface area contributed by atoms with Gasteiger partial charge in [0.25, 0.3) is 0 Å². The topological polar surface area (TPSA) is 75.3 Å². The van der Waals surface area contributed by atoms with Crippen molar-refractivity contribution in [3.8, 4) is 0 Å². The van der Waals surface area contributed by atoms with Crippen LogP contribution >= 0.6 is 11.3 Å². The predicted molar refractivity (Wildman–Crippen MR) is 118 cm³/mol. The van der Waals surface area contributed by atoms with Crippen LogP contribution in [-0.4, -0.2) is 52.9 Å². The fourth-order valence-electron chi connectivity index (χ4n) is 4.09. The molecule has 2 aromatic heterocycles. The van der Waals surface area contributed by atoms with E-state index in [4.69, 9.17) is 9.72 Å². The van der Waals surface area contributed by atoms with Crippen LogP contribution in [0, 0.1) is 0 Å². The van der Waals surface area contributed by atoms with Crippen molar-refractivity contribution in [1.82, 2.24) is 14.9 Å². The third-order valence-corrected chi connectivity index (χ3v) is 6.58. The second-order valence-electron chi connectivity index (χ2n) is 7.68. The molecule has 0 amide bonds. The van der Waals surface area contributed by atoms with E-state index in [1.165, 1.54) is 11.3 Å². The summed E-state index contributed by atoms with van der Waals surface area (Å²) in [5, 5.41) is 3.55. The van der Waals surface area contributed by atoms with E-state index < -0.39 is 0 Å². The standard InChI is InChI=1S/C23H27N3O3S/c1-2-29-21(27)8-5-11-26-12-9-16(10-13-26)20-15-30-23(25-20)22(28)18-14-24-19-7-4-3-6-17(18)19/h3-4,6-7,14-16,24H,2,5,8-13H2,1H3. The van der Waals surface area contributed by atoms with E-state index in [1.807, 2.05) is 36.6 Å². The van der Waals surface area contributed by atoms with Gasteiger partial charge in [0.15, 0.2) is 5.01 Å². The molecule has 3 aromatic rings. The number of rotatable bonds is 8. The minimum Gasteiger partial charge on any atom is -0.466 e. The molecule has 0 radical (unpaired) electrons. The van der Waals surface area contributed by atoms with Gasteiger partial charge >= 0.3 is 5.97 Å². The van der Waals surface area contributed by atoms with Crippen LogP contribution in [0.1, 0.15) is 59.6 Å². The fraction of sp³-hybridized carbons (Fsp3) is 0.435. The molecule has 158 valence electrons. The van der Waals surface area contributed by atoms with E-state index in [2.05, 4.69) is 9.88 Å². The second kappa shape index (κ2) is 9.53. The van der Waals surface area contributed by atoms with E-state index >= 15 is 0 Å². The zero-order valence-electron chi connectivity index (χ0n) is 17.2. The Bertz CT molecular complexity index is 1020. The number of piperidine rings is 1. The van der Waals surface area contributed by atoms with Crippen LogP contribution in [0.15, 0.2) is 35.8 Å². The van der Waals surface area contributed by atoms with Crippen molar-refractivity contribution in [2.45, 2.75) is 38.5 Å². The molecule has 7 heteroatoms. The van der Waals surface area contributed by atoms with Crippen LogP contribution in [0.5, 0.6) is 0 Å². The monoisotopic (exact) mass is 425 g/mol. The zero-order chi connectivity index (χ0) is 20.9. The van der Waals surface area contributed by atoms with Crippen molar-refractivity contribution < 1.29 is 14.3 Å². The van der Waals surface area contributed by atoms with Gasteiger partial charge in [0.05, 0.1) is 17.9 Å². The molecule has 0 aliphatic carbocycles. The Morgan fingerprint density at radius 3 is 2.87 bits per heavy atom. The minimum atomic E-state index is -0.109. The molecule has 0 unspecified atom stereocenters. The number of H-pyrrole nitrogens is 1. The maximum absolute atomic E-state index is 13.0. The SMILES string of the molecule is CCOC(=O)CCCN1CCC(c2csc(C(=O)c3c[nH]c4ccccc34)n2)CC1. The van der Waals surface area contributed by atoms with Gasteiger partial charge < -0.3 is 14.6 Å². The number of ketones is 1. The molecular weight excluding hydrogens is 398 g/mol. The number of carbonyl (C=O) groups is 2. The van der Waals surface area contributed by atoms with Gasteiger partial charge in [-0.25, -0.2) is 4.98 Å². The average Bonchev–Trinajstić information content (AvgIpc) is 3.42. The van der Waals surface area contributed by atoms with Crippen LogP contribution < -0.4 is 0 Å². The Labute approximate surface area is 180 Å². The number of nitrogens with zero attached hydrogens (tertiary/aromatic N) is 2. The van der Waals surface area contributed by atoms with Crippen LogP contribution in [0.25, 0.3) is 10.9 Å². The maximum atomic E-state index is 13.0. The van der Waals surface area contributed by atoms with Gasteiger partial charge in [-0.15, -0.1) is 11.3 Å². The van der Waals surface area contributed by atoms with Gasteiger partial charge in [0.2, 0.25) is 5.78 Å². The largest absolute Gasteiger partial charge is 0.466 e. The Kier molecular flexibility index (Phi) is 6.59. The molecule has 1 saturated heterocycles. The normalized spacial score (nSPS) is 15.5. The molecule has 4 rings (SSSR count). The summed E-state index contributed by atoms with van der Waals surface area (Å²) < 4.78 is 4.98. The number of nitrogens with one attached hydrogen (secondary N) is 1. The minimum absolute atomic E-state index is 0.0138. The van der Waals surface area contributed by atoms with Crippen molar-refractivity contribution in [3.05, 3.63) is 52.1 Å². The highest BCUT2D eigenvalue weighted by Gasteiger charge is 2.24. The summed E-state index contributed by atoms with van der Waals surface area (Å²) in [6, 6.07) is 7.84. The molecular formula is C23H27N3O3S. The number of hydrogen-bond acceptors (Lipinski definition) is 6. The lowest BCUT2D eigenvalue weighted by molar-refractivity contribution is -0.143. The summed E-state index contributed by atoms with van der Waals surface area (Å²) >= 11 is 1.44. The van der Waals surface area contributed by atoms with Crippen molar-refractivity contribution in [2.24, 2.45) is 0 Å². The van der Waals surface area contributed by atoms with Crippen molar-refractivity contribution in [3.63, 3.8) is 0 Å². The molecule has 1 aliphatic heterocycles. The summed E-state index contributed by atoms with van der Waals surface area (Å²) in [6.45, 7) is 5.20. The molecule has 6 nitrogen and oxygen atoms in total. The first kappa shape index (κ1) is 20.8. The molecule has 1 aliphatic rings. The zero-order valence-corrected chi connectivity index (χ0v) is 18.0. The van der Waals surface area contributed by atoms with Gasteiger partial charge in [0, 0.05) is 34.8 Å². The predicted octanol–water partition coefficient (Wildman–Crippen LogP) is 4.38. The molecule has 0 atom stereocenters. The lowest BCUT2D eigenvalue weighted by atomic mass is 9.94. The lowest BCUT2D eigenvalue weighted by Gasteiger charge is -2.31. The van der Waals surface area contributed by atoms with E-state index in [0.29, 0.717) is 29.5 Å². The van der Waals surface area contributed by atoms with Crippen molar-refractivity contribution in [2.75, 3.05) is 26.2 Å². The van der Waals surface area contributed by atoms with Gasteiger partial charge in [-0.1, -0.05) is 18.2 Å². The lowest BCUT2D eigenvalue weighted by Crippen LogP contribution is -2.34. The highest BCUT2D eigenvalue weighted by molar-refractivity contribution is 7.12. The number of aromatic amines is 1. The van der Waals surface area contributed by atoms with E-state index in [0.717, 1.165) is 55.5 Å². The van der Waals surface area contributed by atoms with Gasteiger partial charge in [0.1, 0.15) is 0 Å². The molecule has 0 saturated carbocycles. The van der Waals surface area contributed by atoms with Crippen LogP contribution in [-0.2, 0) is 9.53 Å². The molecule has 0 spiro atoms. The van der Waals surface area contributed by atoms with Gasteiger partial charge in [-0.2, -0.15) is 0 Å². The van der Waals surface area contributed by atoms with Crippen molar-refractivity contribution in [1.29, 1.82) is 0 Å². The number of esters is 1. The third-order valence-electron chi connectivity index (χ3n) is 5.72. The van der Waals surface area contributed by atoms with E-state index in [-0.39, 0.29) is 11.8 Å². The van der Waals surface area contributed by atoms with Crippen LogP contribution in [0.3, 0.4) is 0 Å². The second-order valence-corrected chi connectivity index (χ2v) is 8.54. The highest BCUT2D eigenvalue weighted by Crippen LogP contribution is 2.30. The number of aromatic nitrogens is 2. The summed E-state index contributed by atoms with van der Waals surface area (Å²) in [5.41, 5.74) is 2.69. The van der Waals surface area contributed by atoms with Crippen LogP contribution in [0.2, 0.25) is 0 Å². The molecule has 3 heterocycles.